The van der Waals surface area contributed by atoms with Gasteiger partial charge in [-0.1, -0.05) is 17.3 Å². The van der Waals surface area contributed by atoms with Crippen molar-refractivity contribution in [3.05, 3.63) is 35.6 Å². The molecule has 0 aromatic heterocycles. The number of nitrogens with zero attached hydrogens (tertiary/aromatic N) is 1. The molecule has 1 aromatic carbocycles. The van der Waals surface area contributed by atoms with Crippen molar-refractivity contribution in [2.75, 3.05) is 6.54 Å². The van der Waals surface area contributed by atoms with Crippen LogP contribution < -0.4 is 11.1 Å². The van der Waals surface area contributed by atoms with Gasteiger partial charge in [0.1, 0.15) is 5.82 Å². The molecule has 16 heavy (non-hydrogen) atoms. The largest absolute Gasteiger partial charge is 0.409 e. The third kappa shape index (κ3) is 3.86. The SMILES string of the molecule is CC(NCCc1cccc(F)c1)C(N)=NO. The van der Waals surface area contributed by atoms with E-state index in [0.29, 0.717) is 13.0 Å². The van der Waals surface area contributed by atoms with Gasteiger partial charge in [-0.15, -0.1) is 0 Å². The van der Waals surface area contributed by atoms with Crippen LogP contribution in [0.15, 0.2) is 29.4 Å². The maximum absolute atomic E-state index is 12.8. The molecule has 88 valence electrons. The van der Waals surface area contributed by atoms with Crippen LogP contribution >= 0.6 is 0 Å². The van der Waals surface area contributed by atoms with Gasteiger partial charge in [0.15, 0.2) is 5.84 Å². The minimum Gasteiger partial charge on any atom is -0.409 e. The number of nitrogens with one attached hydrogen (secondary N) is 1. The van der Waals surface area contributed by atoms with Gasteiger partial charge in [0.25, 0.3) is 0 Å². The topological polar surface area (TPSA) is 70.6 Å². The Hall–Kier alpha value is -1.62. The number of oxime groups is 1. The predicted octanol–water partition coefficient (Wildman–Crippen LogP) is 1.09. The Morgan fingerprint density at radius 3 is 3.00 bits per heavy atom. The molecule has 4 N–H and O–H groups in total. The van der Waals surface area contributed by atoms with E-state index in [-0.39, 0.29) is 17.7 Å². The Morgan fingerprint density at radius 1 is 1.62 bits per heavy atom. The van der Waals surface area contributed by atoms with Gasteiger partial charge in [0.2, 0.25) is 0 Å². The molecular weight excluding hydrogens is 209 g/mol. The van der Waals surface area contributed by atoms with Crippen molar-refractivity contribution in [1.82, 2.24) is 5.32 Å². The molecule has 1 aromatic rings. The molecule has 1 atom stereocenters. The predicted molar refractivity (Wildman–Crippen MR) is 61.0 cm³/mol. The summed E-state index contributed by atoms with van der Waals surface area (Å²) in [6.07, 6.45) is 0.695. The fourth-order valence-electron chi connectivity index (χ4n) is 1.32. The molecule has 0 saturated carbocycles. The van der Waals surface area contributed by atoms with Crippen LogP contribution in [0, 0.1) is 5.82 Å². The zero-order valence-electron chi connectivity index (χ0n) is 9.15. The van der Waals surface area contributed by atoms with Gasteiger partial charge in [-0.3, -0.25) is 0 Å². The Morgan fingerprint density at radius 2 is 2.38 bits per heavy atom. The number of halogens is 1. The number of benzene rings is 1. The first-order valence-electron chi connectivity index (χ1n) is 5.08. The molecule has 1 rings (SSSR count). The van der Waals surface area contributed by atoms with E-state index in [2.05, 4.69) is 10.5 Å². The summed E-state index contributed by atoms with van der Waals surface area (Å²) in [5, 5.41) is 14.4. The Kier molecular flexibility index (Phi) is 4.72. The molecule has 0 aliphatic rings. The highest BCUT2D eigenvalue weighted by atomic mass is 19.1. The molecule has 0 heterocycles. The Labute approximate surface area is 94.0 Å². The minimum absolute atomic E-state index is 0.138. The molecule has 0 bridgehead atoms. The molecule has 0 aliphatic heterocycles. The Bertz CT molecular complexity index is 368. The lowest BCUT2D eigenvalue weighted by Crippen LogP contribution is -2.39. The second-order valence-electron chi connectivity index (χ2n) is 3.58. The fourth-order valence-corrected chi connectivity index (χ4v) is 1.32. The van der Waals surface area contributed by atoms with E-state index in [0.717, 1.165) is 5.56 Å². The number of nitrogens with two attached hydrogens (primary N) is 1. The van der Waals surface area contributed by atoms with Gasteiger partial charge in [-0.2, -0.15) is 0 Å². The van der Waals surface area contributed by atoms with Crippen LogP contribution in [-0.4, -0.2) is 23.6 Å². The number of rotatable bonds is 5. The molecule has 0 amide bonds. The highest BCUT2D eigenvalue weighted by molar-refractivity contribution is 5.84. The van der Waals surface area contributed by atoms with E-state index >= 15 is 0 Å². The molecule has 0 spiro atoms. The summed E-state index contributed by atoms with van der Waals surface area (Å²) in [6, 6.07) is 6.25. The summed E-state index contributed by atoms with van der Waals surface area (Å²) in [5.41, 5.74) is 6.31. The maximum atomic E-state index is 12.8. The van der Waals surface area contributed by atoms with Gasteiger partial charge in [-0.25, -0.2) is 4.39 Å². The molecule has 0 saturated heterocycles. The van der Waals surface area contributed by atoms with E-state index in [9.17, 15) is 4.39 Å². The summed E-state index contributed by atoms with van der Waals surface area (Å²) in [6.45, 7) is 2.43. The monoisotopic (exact) mass is 225 g/mol. The summed E-state index contributed by atoms with van der Waals surface area (Å²) >= 11 is 0. The maximum Gasteiger partial charge on any atom is 0.156 e. The van der Waals surface area contributed by atoms with Crippen LogP contribution in [0.1, 0.15) is 12.5 Å². The molecule has 1 unspecified atom stereocenters. The van der Waals surface area contributed by atoms with E-state index in [1.54, 1.807) is 13.0 Å². The van der Waals surface area contributed by atoms with Gasteiger partial charge in [0, 0.05) is 0 Å². The molecule has 4 nitrogen and oxygen atoms in total. The van der Waals surface area contributed by atoms with E-state index in [4.69, 9.17) is 10.9 Å². The van der Waals surface area contributed by atoms with Crippen molar-refractivity contribution in [3.63, 3.8) is 0 Å². The third-order valence-corrected chi connectivity index (χ3v) is 2.31. The average Bonchev–Trinajstić information content (AvgIpc) is 2.28. The molecule has 5 heteroatoms. The van der Waals surface area contributed by atoms with Gasteiger partial charge in [-0.05, 0) is 37.6 Å². The van der Waals surface area contributed by atoms with Crippen molar-refractivity contribution in [3.8, 4) is 0 Å². The zero-order chi connectivity index (χ0) is 12.0. The number of amidine groups is 1. The second-order valence-corrected chi connectivity index (χ2v) is 3.58. The molecule has 0 fully saturated rings. The first kappa shape index (κ1) is 12.4. The molecular formula is C11H16FN3O. The Balaban J connectivity index is 2.36. The second kappa shape index (κ2) is 6.07. The van der Waals surface area contributed by atoms with Crippen LogP contribution in [0.3, 0.4) is 0 Å². The van der Waals surface area contributed by atoms with Gasteiger partial charge >= 0.3 is 0 Å². The number of hydrogen-bond acceptors (Lipinski definition) is 3. The molecule has 0 radical (unpaired) electrons. The first-order chi connectivity index (χ1) is 7.63. The molecule has 0 aliphatic carbocycles. The van der Waals surface area contributed by atoms with Crippen molar-refractivity contribution in [2.45, 2.75) is 19.4 Å². The fraction of sp³-hybridized carbons (Fsp3) is 0.364. The first-order valence-corrected chi connectivity index (χ1v) is 5.08. The van der Waals surface area contributed by atoms with Gasteiger partial charge < -0.3 is 16.3 Å². The summed E-state index contributed by atoms with van der Waals surface area (Å²) in [4.78, 5) is 0. The van der Waals surface area contributed by atoms with Crippen LogP contribution in [0.4, 0.5) is 4.39 Å². The van der Waals surface area contributed by atoms with Crippen molar-refractivity contribution >= 4 is 5.84 Å². The van der Waals surface area contributed by atoms with Crippen molar-refractivity contribution in [2.24, 2.45) is 10.9 Å². The zero-order valence-corrected chi connectivity index (χ0v) is 9.15. The quantitative estimate of drug-likeness (QED) is 0.304. The van der Waals surface area contributed by atoms with E-state index < -0.39 is 0 Å². The third-order valence-electron chi connectivity index (χ3n) is 2.31. The standard InChI is InChI=1S/C11H16FN3O/c1-8(11(13)15-16)14-6-5-9-3-2-4-10(12)7-9/h2-4,7-8,14,16H,5-6H2,1H3,(H2,13,15). The van der Waals surface area contributed by atoms with Crippen LogP contribution in [-0.2, 0) is 6.42 Å². The number of hydrogen-bond donors (Lipinski definition) is 3. The highest BCUT2D eigenvalue weighted by Gasteiger charge is 2.05. The lowest BCUT2D eigenvalue weighted by molar-refractivity contribution is 0.315. The lowest BCUT2D eigenvalue weighted by Gasteiger charge is -2.11. The van der Waals surface area contributed by atoms with Crippen molar-refractivity contribution in [1.29, 1.82) is 0 Å². The minimum atomic E-state index is -0.234. The lowest BCUT2D eigenvalue weighted by atomic mass is 10.1. The smallest absolute Gasteiger partial charge is 0.156 e. The summed E-state index contributed by atoms with van der Waals surface area (Å²) in [7, 11) is 0. The van der Waals surface area contributed by atoms with Crippen LogP contribution in [0.5, 0.6) is 0 Å². The normalized spacial score (nSPS) is 13.8. The average molecular weight is 225 g/mol. The summed E-state index contributed by atoms with van der Waals surface area (Å²) in [5.74, 6) is -0.0961. The van der Waals surface area contributed by atoms with E-state index in [1.807, 2.05) is 6.07 Å². The van der Waals surface area contributed by atoms with E-state index in [1.165, 1.54) is 12.1 Å². The van der Waals surface area contributed by atoms with Crippen LogP contribution in [0.2, 0.25) is 0 Å². The highest BCUT2D eigenvalue weighted by Crippen LogP contribution is 2.03. The summed E-state index contributed by atoms with van der Waals surface area (Å²) < 4.78 is 12.8. The van der Waals surface area contributed by atoms with Gasteiger partial charge in [0.05, 0.1) is 6.04 Å². The van der Waals surface area contributed by atoms with Crippen molar-refractivity contribution < 1.29 is 9.60 Å². The van der Waals surface area contributed by atoms with Crippen LogP contribution in [0.25, 0.3) is 0 Å².